The first kappa shape index (κ1) is 17.3. The zero-order valence-corrected chi connectivity index (χ0v) is 15.3. The molecule has 4 aromatic rings. The van der Waals surface area contributed by atoms with Crippen LogP contribution in [0.25, 0.3) is 22.6 Å². The number of Topliss-reactive ketones (excluding diaryl/α,β-unsaturated/α-hetero) is 1. The highest BCUT2D eigenvalue weighted by atomic mass is 19.1. The van der Waals surface area contributed by atoms with E-state index in [0.717, 1.165) is 22.2 Å². The second-order valence-corrected chi connectivity index (χ2v) is 6.97. The third-order valence-electron chi connectivity index (χ3n) is 5.11. The van der Waals surface area contributed by atoms with Gasteiger partial charge in [0.1, 0.15) is 12.4 Å². The molecule has 0 aliphatic heterocycles. The molecule has 1 aliphatic rings. The number of hydrogen-bond acceptors (Lipinski definition) is 4. The monoisotopic (exact) mass is 386 g/mol. The van der Waals surface area contributed by atoms with E-state index in [0.29, 0.717) is 11.1 Å². The summed E-state index contributed by atoms with van der Waals surface area (Å²) in [6.45, 7) is -0.232. The Morgan fingerprint density at radius 3 is 2.59 bits per heavy atom. The van der Waals surface area contributed by atoms with Crippen molar-refractivity contribution in [3.8, 4) is 22.6 Å². The van der Waals surface area contributed by atoms with Crippen molar-refractivity contribution in [3.05, 3.63) is 99.8 Å². The molecular formula is C23H15FN2O3. The van der Waals surface area contributed by atoms with E-state index in [1.807, 2.05) is 30.3 Å². The number of ketones is 1. The first-order valence-electron chi connectivity index (χ1n) is 9.17. The predicted octanol–water partition coefficient (Wildman–Crippen LogP) is 4.10. The summed E-state index contributed by atoms with van der Waals surface area (Å²) in [6, 6.07) is 19.2. The molecule has 1 aromatic heterocycles. The van der Waals surface area contributed by atoms with Gasteiger partial charge >= 0.3 is 5.76 Å². The van der Waals surface area contributed by atoms with E-state index in [-0.39, 0.29) is 18.2 Å². The number of nitrogens with zero attached hydrogens (tertiary/aromatic N) is 2. The molecule has 0 saturated carbocycles. The quantitative estimate of drug-likeness (QED) is 0.436. The van der Waals surface area contributed by atoms with Crippen molar-refractivity contribution in [2.75, 3.05) is 0 Å². The van der Waals surface area contributed by atoms with Crippen LogP contribution in [0.2, 0.25) is 0 Å². The Morgan fingerprint density at radius 1 is 1.00 bits per heavy atom. The molecule has 0 unspecified atom stereocenters. The van der Waals surface area contributed by atoms with Crippen LogP contribution in [0.1, 0.15) is 21.5 Å². The summed E-state index contributed by atoms with van der Waals surface area (Å²) >= 11 is 0. The van der Waals surface area contributed by atoms with Crippen LogP contribution in [-0.2, 0) is 13.0 Å². The molecule has 142 valence electrons. The van der Waals surface area contributed by atoms with E-state index in [9.17, 15) is 14.0 Å². The Hall–Kier alpha value is -3.80. The van der Waals surface area contributed by atoms with Crippen molar-refractivity contribution in [2.24, 2.45) is 0 Å². The van der Waals surface area contributed by atoms with E-state index in [2.05, 4.69) is 11.2 Å². The van der Waals surface area contributed by atoms with Crippen molar-refractivity contribution in [3.63, 3.8) is 0 Å². The normalized spacial score (nSPS) is 11.9. The average Bonchev–Trinajstić information content (AvgIpc) is 3.28. The van der Waals surface area contributed by atoms with E-state index in [4.69, 9.17) is 4.42 Å². The minimum Gasteiger partial charge on any atom is -0.388 e. The first-order chi connectivity index (χ1) is 14.1. The number of carbonyl (C=O) groups excluding carboxylic acids is 1. The van der Waals surface area contributed by atoms with Crippen molar-refractivity contribution in [1.29, 1.82) is 0 Å². The summed E-state index contributed by atoms with van der Waals surface area (Å²) in [5.74, 6) is -1.32. The number of fused-ring (bicyclic) bond motifs is 3. The summed E-state index contributed by atoms with van der Waals surface area (Å²) in [5, 5.41) is 4.08. The molecule has 0 spiro atoms. The molecule has 1 aliphatic carbocycles. The van der Waals surface area contributed by atoms with Gasteiger partial charge in [-0.3, -0.25) is 4.79 Å². The third kappa shape index (κ3) is 3.08. The molecule has 29 heavy (non-hydrogen) atoms. The molecule has 0 bridgehead atoms. The number of carbonyl (C=O) groups is 1. The van der Waals surface area contributed by atoms with Gasteiger partial charge < -0.3 is 4.42 Å². The lowest BCUT2D eigenvalue weighted by Crippen LogP contribution is -2.21. The zero-order chi connectivity index (χ0) is 20.0. The summed E-state index contributed by atoms with van der Waals surface area (Å²) in [6.07, 6.45) is 0.851. The minimum atomic E-state index is -0.732. The van der Waals surface area contributed by atoms with Crippen molar-refractivity contribution < 1.29 is 13.6 Å². The Balaban J connectivity index is 1.42. The molecule has 3 aromatic carbocycles. The molecule has 5 nitrogen and oxygen atoms in total. The van der Waals surface area contributed by atoms with Crippen LogP contribution in [0.4, 0.5) is 4.39 Å². The zero-order valence-electron chi connectivity index (χ0n) is 15.3. The highest BCUT2D eigenvalue weighted by molar-refractivity contribution is 5.97. The van der Waals surface area contributed by atoms with Gasteiger partial charge in [0.05, 0.1) is 0 Å². The van der Waals surface area contributed by atoms with Crippen LogP contribution in [0.15, 0.2) is 75.9 Å². The lowest BCUT2D eigenvalue weighted by atomic mass is 10.0. The van der Waals surface area contributed by atoms with E-state index in [1.165, 1.54) is 35.4 Å². The summed E-state index contributed by atoms with van der Waals surface area (Å²) in [7, 11) is 0. The predicted molar refractivity (Wildman–Crippen MR) is 105 cm³/mol. The van der Waals surface area contributed by atoms with Gasteiger partial charge in [-0.25, -0.2) is 9.18 Å². The highest BCUT2D eigenvalue weighted by Crippen LogP contribution is 2.36. The number of halogens is 1. The molecule has 0 radical (unpaired) electrons. The number of hydrogen-bond donors (Lipinski definition) is 0. The second kappa shape index (κ2) is 6.67. The van der Waals surface area contributed by atoms with Crippen molar-refractivity contribution in [1.82, 2.24) is 9.78 Å². The van der Waals surface area contributed by atoms with Crippen LogP contribution in [0, 0.1) is 5.82 Å². The van der Waals surface area contributed by atoms with E-state index < -0.39 is 11.6 Å². The fourth-order valence-electron chi connectivity index (χ4n) is 3.64. The van der Waals surface area contributed by atoms with Gasteiger partial charge in [-0.05, 0) is 59.0 Å². The maximum absolute atomic E-state index is 13.1. The maximum atomic E-state index is 13.1. The molecule has 0 saturated heterocycles. The van der Waals surface area contributed by atoms with Crippen molar-refractivity contribution in [2.45, 2.75) is 13.0 Å². The Morgan fingerprint density at radius 2 is 1.76 bits per heavy atom. The van der Waals surface area contributed by atoms with Gasteiger partial charge in [0.2, 0.25) is 5.89 Å². The molecule has 0 amide bonds. The van der Waals surface area contributed by atoms with Crippen molar-refractivity contribution >= 4 is 5.78 Å². The van der Waals surface area contributed by atoms with Crippen LogP contribution in [0.3, 0.4) is 0 Å². The lowest BCUT2D eigenvalue weighted by molar-refractivity contribution is 0.0965. The standard InChI is InChI=1S/C23H15FN2O3/c24-18-9-7-14(8-10-18)22-25-26(23(28)29-22)13-21(27)17-6-5-16-11-15-3-1-2-4-19(15)20(16)12-17/h1-10,12H,11,13H2. The van der Waals surface area contributed by atoms with Gasteiger partial charge in [-0.15, -0.1) is 5.10 Å². The first-order valence-corrected chi connectivity index (χ1v) is 9.17. The maximum Gasteiger partial charge on any atom is 0.437 e. The average molecular weight is 386 g/mol. The Labute approximate surface area is 165 Å². The lowest BCUT2D eigenvalue weighted by Gasteiger charge is -2.05. The molecule has 1 heterocycles. The van der Waals surface area contributed by atoms with Crippen LogP contribution in [0.5, 0.6) is 0 Å². The van der Waals surface area contributed by atoms with E-state index in [1.54, 1.807) is 6.07 Å². The summed E-state index contributed by atoms with van der Waals surface area (Å²) in [4.78, 5) is 24.9. The number of rotatable bonds is 4. The third-order valence-corrected chi connectivity index (χ3v) is 5.11. The minimum absolute atomic E-state index is 0.0469. The van der Waals surface area contributed by atoms with Crippen LogP contribution < -0.4 is 5.76 Å². The fourth-order valence-corrected chi connectivity index (χ4v) is 3.64. The van der Waals surface area contributed by atoms with Gasteiger partial charge in [0.25, 0.3) is 0 Å². The van der Waals surface area contributed by atoms with E-state index >= 15 is 0 Å². The highest BCUT2D eigenvalue weighted by Gasteiger charge is 2.20. The Kier molecular flexibility index (Phi) is 3.98. The summed E-state index contributed by atoms with van der Waals surface area (Å²) < 4.78 is 19.2. The van der Waals surface area contributed by atoms with Gasteiger partial charge in [0, 0.05) is 11.1 Å². The second-order valence-electron chi connectivity index (χ2n) is 6.97. The smallest absolute Gasteiger partial charge is 0.388 e. The fraction of sp³-hybridized carbons (Fsp3) is 0.0870. The van der Waals surface area contributed by atoms with Gasteiger partial charge in [-0.1, -0.05) is 36.4 Å². The van der Waals surface area contributed by atoms with Gasteiger partial charge in [-0.2, -0.15) is 4.68 Å². The molecule has 5 rings (SSSR count). The molecular weight excluding hydrogens is 371 g/mol. The SMILES string of the molecule is O=C(Cn1nc(-c2ccc(F)cc2)oc1=O)c1ccc2c(c1)-c1ccccc1C2. The van der Waals surface area contributed by atoms with Crippen LogP contribution >= 0.6 is 0 Å². The number of benzene rings is 3. The molecule has 0 fully saturated rings. The topological polar surface area (TPSA) is 65.1 Å². The molecule has 0 atom stereocenters. The number of aromatic nitrogens is 2. The summed E-state index contributed by atoms with van der Waals surface area (Å²) in [5.41, 5.74) is 5.58. The largest absolute Gasteiger partial charge is 0.437 e. The Bertz CT molecular complexity index is 1300. The molecule has 0 N–H and O–H groups in total. The van der Waals surface area contributed by atoms with Gasteiger partial charge in [0.15, 0.2) is 5.78 Å². The van der Waals surface area contributed by atoms with Crippen LogP contribution in [-0.4, -0.2) is 15.6 Å². The molecule has 6 heteroatoms.